The van der Waals surface area contributed by atoms with Gasteiger partial charge in [-0.2, -0.15) is 0 Å². The smallest absolute Gasteiger partial charge is 0.277 e. The summed E-state index contributed by atoms with van der Waals surface area (Å²) in [6, 6.07) is 2.54. The van der Waals surface area contributed by atoms with Gasteiger partial charge in [-0.25, -0.2) is 0 Å². The van der Waals surface area contributed by atoms with Crippen LogP contribution in [0, 0.1) is 5.92 Å². The first-order valence-corrected chi connectivity index (χ1v) is 11.2. The summed E-state index contributed by atoms with van der Waals surface area (Å²) in [7, 11) is 0. The van der Waals surface area contributed by atoms with Crippen LogP contribution in [0.25, 0.3) is 10.8 Å². The van der Waals surface area contributed by atoms with Crippen molar-refractivity contribution >= 4 is 29.0 Å². The molecule has 0 unspecified atom stereocenters. The van der Waals surface area contributed by atoms with E-state index in [-0.39, 0.29) is 11.2 Å². The van der Waals surface area contributed by atoms with Crippen molar-refractivity contribution in [3.63, 3.8) is 0 Å². The number of aryl methyl sites for hydroxylation is 1. The number of hydrogen-bond acceptors (Lipinski definition) is 6. The number of hydrogen-bond donors (Lipinski definition) is 1. The van der Waals surface area contributed by atoms with E-state index < -0.39 is 0 Å². The lowest BCUT2D eigenvalue weighted by Gasteiger charge is -2.16. The molecule has 1 fully saturated rings. The van der Waals surface area contributed by atoms with Crippen molar-refractivity contribution in [2.75, 3.05) is 0 Å². The van der Waals surface area contributed by atoms with Crippen molar-refractivity contribution in [1.29, 1.82) is 0 Å². The quantitative estimate of drug-likeness (QED) is 0.762. The van der Waals surface area contributed by atoms with Crippen molar-refractivity contribution in [1.82, 2.24) is 15.5 Å². The monoisotopic (exact) mass is 391 g/mol. The normalized spacial score (nSPS) is 21.5. The van der Waals surface area contributed by atoms with Crippen molar-refractivity contribution in [3.8, 4) is 10.8 Å². The van der Waals surface area contributed by atoms with Crippen LogP contribution in [0.2, 0.25) is 0 Å². The molecular weight excluding hydrogens is 366 g/mol. The number of carbonyl (C=O) groups is 1. The summed E-state index contributed by atoms with van der Waals surface area (Å²) in [4.78, 5) is 14.8. The molecule has 1 N–H and O–H groups in total. The lowest BCUT2D eigenvalue weighted by atomic mass is 9.90. The Hall–Kier alpha value is -1.34. The van der Waals surface area contributed by atoms with E-state index in [4.69, 9.17) is 4.42 Å². The van der Waals surface area contributed by atoms with Crippen molar-refractivity contribution in [3.05, 3.63) is 16.5 Å². The standard InChI is InChI=1S/C19H25N3O2S2/c1-11-7-8-15-13(9-11)10-16(26-15)18-21-22-19(24-18)25-12(2)17(23)20-14-5-3-4-6-14/h10-12,14H,3-9H2,1-2H3,(H,20,23)/t11-,12-/m0/s1. The first-order chi connectivity index (χ1) is 12.6. The number of amides is 1. The minimum atomic E-state index is -0.235. The number of carbonyl (C=O) groups excluding carboxylic acids is 1. The second kappa shape index (κ2) is 7.72. The van der Waals surface area contributed by atoms with Gasteiger partial charge in [0.05, 0.1) is 10.1 Å². The zero-order chi connectivity index (χ0) is 18.1. The van der Waals surface area contributed by atoms with Crippen LogP contribution in [0.4, 0.5) is 0 Å². The first kappa shape index (κ1) is 18.0. The molecule has 2 atom stereocenters. The summed E-state index contributed by atoms with van der Waals surface area (Å²) in [6.07, 6.45) is 8.15. The van der Waals surface area contributed by atoms with Crippen LogP contribution < -0.4 is 5.32 Å². The van der Waals surface area contributed by atoms with Crippen LogP contribution in [0.15, 0.2) is 15.7 Å². The average Bonchev–Trinajstić information content (AvgIpc) is 3.34. The summed E-state index contributed by atoms with van der Waals surface area (Å²) in [5, 5.41) is 11.7. The van der Waals surface area contributed by atoms with Gasteiger partial charge in [0.15, 0.2) is 0 Å². The molecule has 0 bridgehead atoms. The second-order valence-corrected chi connectivity index (χ2v) is 9.96. The molecule has 2 aliphatic rings. The van der Waals surface area contributed by atoms with Crippen molar-refractivity contribution in [2.24, 2.45) is 5.92 Å². The Morgan fingerprint density at radius 1 is 1.35 bits per heavy atom. The van der Waals surface area contributed by atoms with Gasteiger partial charge >= 0.3 is 0 Å². The summed E-state index contributed by atoms with van der Waals surface area (Å²) < 4.78 is 5.84. The van der Waals surface area contributed by atoms with Crippen LogP contribution in [0.1, 0.15) is 56.4 Å². The molecule has 2 aromatic heterocycles. The molecule has 0 radical (unpaired) electrons. The highest BCUT2D eigenvalue weighted by atomic mass is 32.2. The number of aromatic nitrogens is 2. The van der Waals surface area contributed by atoms with E-state index in [0.717, 1.165) is 36.5 Å². The Morgan fingerprint density at radius 2 is 2.15 bits per heavy atom. The maximum absolute atomic E-state index is 12.3. The SMILES string of the molecule is C[C@H]1CCc2sc(-c3nnc(S[C@@H](C)C(=O)NC4CCCC4)o3)cc2C1. The van der Waals surface area contributed by atoms with E-state index in [9.17, 15) is 4.79 Å². The summed E-state index contributed by atoms with van der Waals surface area (Å²) in [6.45, 7) is 4.20. The Morgan fingerprint density at radius 3 is 2.96 bits per heavy atom. The first-order valence-electron chi connectivity index (χ1n) is 9.51. The molecule has 5 nitrogen and oxygen atoms in total. The predicted molar refractivity (Wildman–Crippen MR) is 105 cm³/mol. The Balaban J connectivity index is 1.39. The van der Waals surface area contributed by atoms with E-state index in [0.29, 0.717) is 17.2 Å². The largest absolute Gasteiger partial charge is 0.410 e. The van der Waals surface area contributed by atoms with Gasteiger partial charge in [-0.15, -0.1) is 21.5 Å². The maximum Gasteiger partial charge on any atom is 0.277 e. The number of thiophene rings is 1. The van der Waals surface area contributed by atoms with Gasteiger partial charge in [-0.3, -0.25) is 4.79 Å². The van der Waals surface area contributed by atoms with Crippen LogP contribution in [0.3, 0.4) is 0 Å². The lowest BCUT2D eigenvalue weighted by Crippen LogP contribution is -2.37. The number of nitrogens with zero attached hydrogens (tertiary/aromatic N) is 2. The highest BCUT2D eigenvalue weighted by Crippen LogP contribution is 2.37. The zero-order valence-electron chi connectivity index (χ0n) is 15.3. The van der Waals surface area contributed by atoms with Gasteiger partial charge in [0.2, 0.25) is 5.91 Å². The number of fused-ring (bicyclic) bond motifs is 1. The third kappa shape index (κ3) is 3.98. The van der Waals surface area contributed by atoms with E-state index >= 15 is 0 Å². The zero-order valence-corrected chi connectivity index (χ0v) is 16.9. The highest BCUT2D eigenvalue weighted by molar-refractivity contribution is 8.00. The molecule has 0 saturated heterocycles. The third-order valence-corrected chi connectivity index (χ3v) is 7.45. The topological polar surface area (TPSA) is 68.0 Å². The molecule has 0 aliphatic heterocycles. The highest BCUT2D eigenvalue weighted by Gasteiger charge is 2.24. The molecular formula is C19H25N3O2S2. The van der Waals surface area contributed by atoms with Gasteiger partial charge < -0.3 is 9.73 Å². The molecule has 4 rings (SSSR count). The molecule has 1 amide bonds. The Kier molecular flexibility index (Phi) is 5.36. The fraction of sp³-hybridized carbons (Fsp3) is 0.632. The molecule has 2 heterocycles. The fourth-order valence-corrected chi connectivity index (χ4v) is 5.58. The summed E-state index contributed by atoms with van der Waals surface area (Å²) in [5.74, 6) is 1.38. The van der Waals surface area contributed by atoms with Gasteiger partial charge in [0.1, 0.15) is 0 Å². The minimum absolute atomic E-state index is 0.0576. The van der Waals surface area contributed by atoms with E-state index in [2.05, 4.69) is 28.5 Å². The number of nitrogens with one attached hydrogen (secondary N) is 1. The van der Waals surface area contributed by atoms with Gasteiger partial charge in [-0.1, -0.05) is 31.5 Å². The van der Waals surface area contributed by atoms with Crippen LogP contribution in [-0.2, 0) is 17.6 Å². The molecule has 140 valence electrons. The third-order valence-electron chi connectivity index (χ3n) is 5.29. The van der Waals surface area contributed by atoms with Gasteiger partial charge in [0.25, 0.3) is 11.1 Å². The fourth-order valence-electron chi connectivity index (χ4n) is 3.76. The molecule has 7 heteroatoms. The molecule has 26 heavy (non-hydrogen) atoms. The number of thioether (sulfide) groups is 1. The lowest BCUT2D eigenvalue weighted by molar-refractivity contribution is -0.120. The molecule has 0 aromatic carbocycles. The van der Waals surface area contributed by atoms with Crippen LogP contribution >= 0.6 is 23.1 Å². The summed E-state index contributed by atoms with van der Waals surface area (Å²) in [5.41, 5.74) is 1.43. The van der Waals surface area contributed by atoms with Gasteiger partial charge in [0, 0.05) is 10.9 Å². The van der Waals surface area contributed by atoms with Crippen molar-refractivity contribution < 1.29 is 9.21 Å². The van der Waals surface area contributed by atoms with Crippen molar-refractivity contribution in [2.45, 2.75) is 75.3 Å². The molecule has 1 saturated carbocycles. The number of rotatable bonds is 5. The predicted octanol–water partition coefficient (Wildman–Crippen LogP) is 4.46. The maximum atomic E-state index is 12.3. The van der Waals surface area contributed by atoms with E-state index in [1.54, 1.807) is 11.3 Å². The Labute approximate surface area is 162 Å². The molecule has 2 aromatic rings. The molecule has 2 aliphatic carbocycles. The van der Waals surface area contributed by atoms with Crippen LogP contribution in [0.5, 0.6) is 0 Å². The molecule has 0 spiro atoms. The second-order valence-electron chi connectivity index (χ2n) is 7.53. The van der Waals surface area contributed by atoms with E-state index in [1.165, 1.54) is 41.5 Å². The minimum Gasteiger partial charge on any atom is -0.410 e. The summed E-state index contributed by atoms with van der Waals surface area (Å²) >= 11 is 3.10. The average molecular weight is 392 g/mol. The van der Waals surface area contributed by atoms with Crippen LogP contribution in [-0.4, -0.2) is 27.4 Å². The van der Waals surface area contributed by atoms with Gasteiger partial charge in [-0.05, 0) is 56.6 Å². The van der Waals surface area contributed by atoms with E-state index in [1.807, 2.05) is 6.92 Å². The Bertz CT molecular complexity index is 780.